The molecule has 2 saturated carbocycles. The molecule has 3 amide bonds. The third-order valence-electron chi connectivity index (χ3n) is 6.18. The van der Waals surface area contributed by atoms with Gasteiger partial charge in [-0.15, -0.1) is 0 Å². The second kappa shape index (κ2) is 5.18. The molecule has 1 aromatic rings. The van der Waals surface area contributed by atoms with Crippen molar-refractivity contribution >= 4 is 35.0 Å². The van der Waals surface area contributed by atoms with Crippen molar-refractivity contribution in [1.29, 1.82) is 0 Å². The average Bonchev–Trinajstić information content (AvgIpc) is 3.38. The first-order valence-corrected chi connectivity index (χ1v) is 9.01. The maximum absolute atomic E-state index is 12.8. The number of carbonyl (C=O) groups is 3. The lowest BCUT2D eigenvalue weighted by atomic mass is 9.63. The number of nitrogens with one attached hydrogen (secondary N) is 1. The molecular formula is C19H17ClN2O3. The molecule has 2 bridgehead atoms. The molecule has 0 unspecified atom stereocenters. The summed E-state index contributed by atoms with van der Waals surface area (Å²) in [5, 5.41) is 3.29. The van der Waals surface area contributed by atoms with Gasteiger partial charge in [-0.3, -0.25) is 19.3 Å². The summed E-state index contributed by atoms with van der Waals surface area (Å²) in [6, 6.07) is 6.72. The minimum atomic E-state index is -0.367. The first kappa shape index (κ1) is 15.1. The molecule has 1 aliphatic heterocycles. The van der Waals surface area contributed by atoms with E-state index in [1.165, 1.54) is 4.90 Å². The van der Waals surface area contributed by atoms with Crippen molar-refractivity contribution in [1.82, 2.24) is 4.90 Å². The molecule has 128 valence electrons. The van der Waals surface area contributed by atoms with Crippen LogP contribution in [-0.4, -0.2) is 29.2 Å². The highest BCUT2D eigenvalue weighted by Crippen LogP contribution is 2.65. The van der Waals surface area contributed by atoms with Crippen LogP contribution in [0.5, 0.6) is 0 Å². The van der Waals surface area contributed by atoms with Crippen molar-refractivity contribution in [2.24, 2.45) is 35.5 Å². The fourth-order valence-corrected chi connectivity index (χ4v) is 5.18. The molecule has 5 nitrogen and oxygen atoms in total. The number of hydrogen-bond acceptors (Lipinski definition) is 3. The molecule has 0 spiro atoms. The molecular weight excluding hydrogens is 340 g/mol. The Hall–Kier alpha value is -2.14. The van der Waals surface area contributed by atoms with Gasteiger partial charge in [-0.2, -0.15) is 0 Å². The largest absolute Gasteiger partial charge is 0.325 e. The minimum Gasteiger partial charge on any atom is -0.325 e. The predicted molar refractivity (Wildman–Crippen MR) is 91.5 cm³/mol. The SMILES string of the molecule is O=C(CN1C(=O)[C@@H]2[C@H]3C=C[C@@H]([C@@H]4C[C@H]34)[C@H]2C1=O)Nc1ccc(Cl)cc1. The molecule has 1 aromatic carbocycles. The Labute approximate surface area is 150 Å². The lowest BCUT2D eigenvalue weighted by Gasteiger charge is -2.37. The van der Waals surface area contributed by atoms with Gasteiger partial charge in [-0.05, 0) is 54.4 Å². The molecule has 0 radical (unpaired) electrons. The maximum atomic E-state index is 12.8. The van der Waals surface area contributed by atoms with Crippen LogP contribution in [0.4, 0.5) is 5.69 Å². The van der Waals surface area contributed by atoms with Crippen molar-refractivity contribution in [3.8, 4) is 0 Å². The molecule has 0 aromatic heterocycles. The van der Waals surface area contributed by atoms with Gasteiger partial charge in [-0.25, -0.2) is 0 Å². The van der Waals surface area contributed by atoms with E-state index in [1.54, 1.807) is 24.3 Å². The van der Waals surface area contributed by atoms with Gasteiger partial charge < -0.3 is 5.32 Å². The zero-order valence-corrected chi connectivity index (χ0v) is 14.1. The predicted octanol–water partition coefficient (Wildman–Crippen LogP) is 2.33. The van der Waals surface area contributed by atoms with Crippen molar-refractivity contribution in [2.45, 2.75) is 6.42 Å². The molecule has 6 heteroatoms. The summed E-state index contributed by atoms with van der Waals surface area (Å²) in [6.45, 7) is -0.220. The molecule has 5 aliphatic rings. The van der Waals surface area contributed by atoms with E-state index >= 15 is 0 Å². The maximum Gasteiger partial charge on any atom is 0.244 e. The van der Waals surface area contributed by atoms with Gasteiger partial charge in [-0.1, -0.05) is 23.8 Å². The summed E-state index contributed by atoms with van der Waals surface area (Å²) in [5.74, 6) is 0.266. The van der Waals surface area contributed by atoms with Crippen LogP contribution in [-0.2, 0) is 14.4 Å². The highest BCUT2D eigenvalue weighted by Gasteiger charge is 2.67. The fourth-order valence-electron chi connectivity index (χ4n) is 5.05. The first-order chi connectivity index (χ1) is 12.0. The zero-order valence-electron chi connectivity index (χ0n) is 13.4. The van der Waals surface area contributed by atoms with Crippen LogP contribution >= 0.6 is 11.6 Å². The van der Waals surface area contributed by atoms with E-state index < -0.39 is 0 Å². The molecule has 1 N–H and O–H groups in total. The Morgan fingerprint density at radius 3 is 2.16 bits per heavy atom. The fraction of sp³-hybridized carbons (Fsp3) is 0.421. The Morgan fingerprint density at radius 1 is 1.04 bits per heavy atom. The number of carbonyl (C=O) groups excluding carboxylic acids is 3. The average molecular weight is 357 g/mol. The third kappa shape index (κ3) is 2.18. The molecule has 1 saturated heterocycles. The van der Waals surface area contributed by atoms with Crippen molar-refractivity contribution in [2.75, 3.05) is 11.9 Å². The molecule has 6 atom stereocenters. The number of amides is 3. The Morgan fingerprint density at radius 2 is 1.60 bits per heavy atom. The smallest absolute Gasteiger partial charge is 0.244 e. The van der Waals surface area contributed by atoms with E-state index in [1.807, 2.05) is 0 Å². The summed E-state index contributed by atoms with van der Waals surface area (Å²) in [4.78, 5) is 39.1. The van der Waals surface area contributed by atoms with Crippen LogP contribution < -0.4 is 5.32 Å². The van der Waals surface area contributed by atoms with Gasteiger partial charge in [0.05, 0.1) is 11.8 Å². The van der Waals surface area contributed by atoms with Gasteiger partial charge in [0, 0.05) is 10.7 Å². The lowest BCUT2D eigenvalue weighted by Crippen LogP contribution is -2.40. The summed E-state index contributed by atoms with van der Waals surface area (Å²) >= 11 is 5.83. The number of benzene rings is 1. The second-order valence-electron chi connectivity index (χ2n) is 7.47. The monoisotopic (exact) mass is 356 g/mol. The summed E-state index contributed by atoms with van der Waals surface area (Å²) in [7, 11) is 0. The summed E-state index contributed by atoms with van der Waals surface area (Å²) in [5.41, 5.74) is 0.592. The zero-order chi connectivity index (χ0) is 17.3. The van der Waals surface area contributed by atoms with Crippen LogP contribution in [0.15, 0.2) is 36.4 Å². The second-order valence-corrected chi connectivity index (χ2v) is 7.91. The van der Waals surface area contributed by atoms with Crippen LogP contribution in [0, 0.1) is 35.5 Å². The van der Waals surface area contributed by atoms with Crippen molar-refractivity contribution in [3.63, 3.8) is 0 Å². The third-order valence-corrected chi connectivity index (χ3v) is 6.44. The topological polar surface area (TPSA) is 66.5 Å². The number of anilines is 1. The van der Waals surface area contributed by atoms with Gasteiger partial charge in [0.25, 0.3) is 0 Å². The highest BCUT2D eigenvalue weighted by atomic mass is 35.5. The van der Waals surface area contributed by atoms with E-state index in [0.717, 1.165) is 6.42 Å². The number of allylic oxidation sites excluding steroid dienone is 2. The first-order valence-electron chi connectivity index (χ1n) is 8.63. The number of likely N-dealkylation sites (tertiary alicyclic amines) is 1. The normalized spacial score (nSPS) is 37.1. The van der Waals surface area contributed by atoms with Gasteiger partial charge >= 0.3 is 0 Å². The van der Waals surface area contributed by atoms with E-state index in [0.29, 0.717) is 22.5 Å². The molecule has 3 fully saturated rings. The van der Waals surface area contributed by atoms with E-state index in [-0.39, 0.29) is 47.9 Å². The minimum absolute atomic E-state index is 0.175. The summed E-state index contributed by atoms with van der Waals surface area (Å²) in [6.07, 6.45) is 5.39. The molecule has 6 rings (SSSR count). The number of halogens is 1. The standard InChI is InChI=1S/C19H17ClN2O3/c20-9-1-3-10(4-2-9)21-15(23)8-22-18(24)16-11-5-6-12(14-7-13(11)14)17(16)19(22)25/h1-6,11-14,16-17H,7-8H2,(H,21,23)/t11-,12-,13-,14+,16+,17+/m0/s1. The van der Waals surface area contributed by atoms with Gasteiger partial charge in [0.2, 0.25) is 17.7 Å². The molecule has 25 heavy (non-hydrogen) atoms. The van der Waals surface area contributed by atoms with Crippen LogP contribution in [0.2, 0.25) is 5.02 Å². The van der Waals surface area contributed by atoms with Crippen LogP contribution in [0.3, 0.4) is 0 Å². The number of imide groups is 1. The van der Waals surface area contributed by atoms with Crippen LogP contribution in [0.1, 0.15) is 6.42 Å². The highest BCUT2D eigenvalue weighted by molar-refractivity contribution is 6.30. The van der Waals surface area contributed by atoms with E-state index in [4.69, 9.17) is 11.6 Å². The quantitative estimate of drug-likeness (QED) is 0.667. The number of nitrogens with zero attached hydrogens (tertiary/aromatic N) is 1. The van der Waals surface area contributed by atoms with Crippen molar-refractivity contribution in [3.05, 3.63) is 41.4 Å². The Balaban J connectivity index is 1.32. The summed E-state index contributed by atoms with van der Waals surface area (Å²) < 4.78 is 0. The number of rotatable bonds is 3. The Bertz CT molecular complexity index is 782. The van der Waals surface area contributed by atoms with Gasteiger partial charge in [0.15, 0.2) is 0 Å². The molecule has 4 aliphatic carbocycles. The molecule has 1 heterocycles. The van der Waals surface area contributed by atoms with Gasteiger partial charge in [0.1, 0.15) is 6.54 Å². The van der Waals surface area contributed by atoms with Crippen LogP contribution in [0.25, 0.3) is 0 Å². The van der Waals surface area contributed by atoms with E-state index in [9.17, 15) is 14.4 Å². The van der Waals surface area contributed by atoms with Crippen molar-refractivity contribution < 1.29 is 14.4 Å². The number of hydrogen-bond donors (Lipinski definition) is 1. The Kier molecular flexibility index (Phi) is 3.14. The lowest BCUT2D eigenvalue weighted by molar-refractivity contribution is -0.142. The van der Waals surface area contributed by atoms with E-state index in [2.05, 4.69) is 17.5 Å².